The van der Waals surface area contributed by atoms with Crippen LogP contribution in [0.15, 0.2) is 18.2 Å². The zero-order valence-electron chi connectivity index (χ0n) is 20.3. The normalized spacial score (nSPS) is 21.1. The number of carboxylic acid groups (broad SMARTS) is 1. The topological polar surface area (TPSA) is 102 Å². The third-order valence-corrected chi connectivity index (χ3v) is 8.23. The highest BCUT2D eigenvalue weighted by Crippen LogP contribution is 2.39. The highest BCUT2D eigenvalue weighted by molar-refractivity contribution is 14.1. The summed E-state index contributed by atoms with van der Waals surface area (Å²) in [7, 11) is -1.60. The monoisotopic (exact) mass is 619 g/mol. The molecule has 1 N–H and O–H groups in total. The summed E-state index contributed by atoms with van der Waals surface area (Å²) in [5.41, 5.74) is -1.55. The number of carboxylic acids is 1. The fraction of sp³-hybridized carbons (Fsp3) is 0.565. The van der Waals surface area contributed by atoms with Gasteiger partial charge < -0.3 is 14.6 Å². The van der Waals surface area contributed by atoms with Gasteiger partial charge in [-0.2, -0.15) is 4.98 Å². The van der Waals surface area contributed by atoms with Crippen molar-refractivity contribution in [3.8, 4) is 5.88 Å². The summed E-state index contributed by atoms with van der Waals surface area (Å²) in [6.07, 6.45) is -0.798. The van der Waals surface area contributed by atoms with E-state index in [1.54, 1.807) is 20.8 Å². The van der Waals surface area contributed by atoms with E-state index in [-0.39, 0.29) is 24.1 Å². The van der Waals surface area contributed by atoms with Crippen LogP contribution < -0.4 is 4.74 Å². The smallest absolute Gasteiger partial charge is 0.411 e. The van der Waals surface area contributed by atoms with Crippen molar-refractivity contribution in [3.05, 3.63) is 27.1 Å². The summed E-state index contributed by atoms with van der Waals surface area (Å²) in [4.78, 5) is 35.7. The van der Waals surface area contributed by atoms with Crippen LogP contribution in [0.5, 0.6) is 5.88 Å². The van der Waals surface area contributed by atoms with Crippen LogP contribution in [-0.4, -0.2) is 63.9 Å². The maximum Gasteiger partial charge on any atom is 0.411 e. The van der Waals surface area contributed by atoms with E-state index >= 15 is 0 Å². The minimum atomic E-state index is -1.60. The summed E-state index contributed by atoms with van der Waals surface area (Å²) in [6, 6.07) is 6.36. The molecule has 8 nitrogen and oxygen atoms in total. The van der Waals surface area contributed by atoms with Crippen LogP contribution in [0.3, 0.4) is 0 Å². The number of nitrogens with zero attached hydrogens (tertiary/aromatic N) is 3. The van der Waals surface area contributed by atoms with Crippen LogP contribution >= 0.6 is 34.2 Å². The highest BCUT2D eigenvalue weighted by Gasteiger charge is 2.55. The van der Waals surface area contributed by atoms with E-state index in [2.05, 4.69) is 52.2 Å². The fourth-order valence-electron chi connectivity index (χ4n) is 4.00. The zero-order valence-corrected chi connectivity index (χ0v) is 24.2. The van der Waals surface area contributed by atoms with Gasteiger partial charge in [0, 0.05) is 18.1 Å². The molecule has 186 valence electrons. The average Bonchev–Trinajstić information content (AvgIpc) is 3.05. The van der Waals surface area contributed by atoms with Gasteiger partial charge in [0.1, 0.15) is 17.2 Å². The van der Waals surface area contributed by atoms with Crippen molar-refractivity contribution < 1.29 is 24.2 Å². The van der Waals surface area contributed by atoms with E-state index in [0.717, 1.165) is 9.61 Å². The Bertz CT molecular complexity index is 1100. The number of carbonyl (C=O) groups excluding carboxylic acids is 1. The van der Waals surface area contributed by atoms with E-state index < -0.39 is 37.4 Å². The maximum atomic E-state index is 13.2. The Morgan fingerprint density at radius 2 is 1.97 bits per heavy atom. The molecule has 1 amide bonds. The first-order valence-electron chi connectivity index (χ1n) is 11.1. The second kappa shape index (κ2) is 9.77. The van der Waals surface area contributed by atoms with Gasteiger partial charge in [0.25, 0.3) is 0 Å². The molecule has 1 aliphatic rings. The predicted molar refractivity (Wildman–Crippen MR) is 142 cm³/mol. The largest absolute Gasteiger partial charge is 0.479 e. The quantitative estimate of drug-likeness (QED) is 0.247. The van der Waals surface area contributed by atoms with E-state index in [9.17, 15) is 14.7 Å². The molecule has 0 spiro atoms. The van der Waals surface area contributed by atoms with Gasteiger partial charge >= 0.3 is 12.1 Å². The number of halogens is 2. The van der Waals surface area contributed by atoms with Crippen molar-refractivity contribution in [1.82, 2.24) is 14.9 Å². The number of carbonyl (C=O) groups is 2. The van der Waals surface area contributed by atoms with Crippen LogP contribution in [0.2, 0.25) is 31.0 Å². The number of fused-ring (bicyclic) bond motifs is 1. The van der Waals surface area contributed by atoms with Gasteiger partial charge in [0.2, 0.25) is 11.2 Å². The van der Waals surface area contributed by atoms with Gasteiger partial charge in [-0.05, 0) is 79.6 Å². The molecule has 11 heteroatoms. The van der Waals surface area contributed by atoms with Crippen molar-refractivity contribution in [3.63, 3.8) is 0 Å². The lowest BCUT2D eigenvalue weighted by Gasteiger charge is -2.36. The number of amides is 1. The van der Waals surface area contributed by atoms with Gasteiger partial charge in [0.15, 0.2) is 0 Å². The summed E-state index contributed by atoms with van der Waals surface area (Å²) in [5.74, 6) is -0.781. The SMILES string of the molecule is CC(C)(C)OC(=O)N1C[C@@H](Oc2nc(Cl)nc3ccc(I)cc23)C[C@@]1(CC[Si](C)(C)C)C(=O)O. The molecule has 0 unspecified atom stereocenters. The molecule has 0 saturated carbocycles. The van der Waals surface area contributed by atoms with Crippen LogP contribution in [0.25, 0.3) is 10.9 Å². The van der Waals surface area contributed by atoms with Crippen molar-refractivity contribution in [2.75, 3.05) is 6.54 Å². The first-order chi connectivity index (χ1) is 15.6. The molecule has 2 heterocycles. The lowest BCUT2D eigenvalue weighted by molar-refractivity contribution is -0.149. The van der Waals surface area contributed by atoms with Gasteiger partial charge in [0.05, 0.1) is 17.4 Å². The number of benzene rings is 1. The molecule has 1 aromatic heterocycles. The third kappa shape index (κ3) is 6.31. The van der Waals surface area contributed by atoms with E-state index in [1.165, 1.54) is 4.90 Å². The van der Waals surface area contributed by atoms with Gasteiger partial charge in [-0.3, -0.25) is 4.90 Å². The molecular formula is C23H31ClIN3O5Si. The van der Waals surface area contributed by atoms with Crippen molar-refractivity contribution in [2.45, 2.75) is 76.5 Å². The second-order valence-electron chi connectivity index (χ2n) is 10.9. The predicted octanol–water partition coefficient (Wildman–Crippen LogP) is 5.83. The number of aliphatic carboxylic acids is 1. The maximum absolute atomic E-state index is 13.2. The van der Waals surface area contributed by atoms with Crippen molar-refractivity contribution >= 4 is 65.2 Å². The molecule has 1 aliphatic heterocycles. The molecule has 0 bridgehead atoms. The number of hydrogen-bond acceptors (Lipinski definition) is 6. The van der Waals surface area contributed by atoms with E-state index in [0.29, 0.717) is 17.3 Å². The molecule has 2 atom stereocenters. The number of rotatable bonds is 6. The molecular weight excluding hydrogens is 589 g/mol. The Labute approximate surface area is 219 Å². The summed E-state index contributed by atoms with van der Waals surface area (Å²) < 4.78 is 12.8. The molecule has 1 aromatic carbocycles. The summed E-state index contributed by atoms with van der Waals surface area (Å²) >= 11 is 8.32. The molecule has 3 rings (SSSR count). The zero-order chi connectivity index (χ0) is 25.5. The van der Waals surface area contributed by atoms with Gasteiger partial charge in [-0.25, -0.2) is 14.6 Å². The lowest BCUT2D eigenvalue weighted by atomic mass is 9.92. The Morgan fingerprint density at radius 1 is 1.29 bits per heavy atom. The molecule has 1 fully saturated rings. The molecule has 34 heavy (non-hydrogen) atoms. The molecule has 2 aromatic rings. The average molecular weight is 620 g/mol. The number of hydrogen-bond donors (Lipinski definition) is 1. The van der Waals surface area contributed by atoms with Gasteiger partial charge in [-0.15, -0.1) is 0 Å². The van der Waals surface area contributed by atoms with Crippen molar-refractivity contribution in [1.29, 1.82) is 0 Å². The Balaban J connectivity index is 1.99. The van der Waals surface area contributed by atoms with Crippen LogP contribution in [-0.2, 0) is 9.53 Å². The first kappa shape index (κ1) is 26.9. The lowest BCUT2D eigenvalue weighted by Crippen LogP contribution is -2.54. The Morgan fingerprint density at radius 3 is 2.56 bits per heavy atom. The van der Waals surface area contributed by atoms with Crippen molar-refractivity contribution in [2.24, 2.45) is 0 Å². The third-order valence-electron chi connectivity index (χ3n) is 5.64. The van der Waals surface area contributed by atoms with Crippen LogP contribution in [0.4, 0.5) is 4.79 Å². The minimum absolute atomic E-state index is 0.0360. The summed E-state index contributed by atoms with van der Waals surface area (Å²) in [5, 5.41) is 11.1. The number of ether oxygens (including phenoxy) is 2. The minimum Gasteiger partial charge on any atom is -0.479 e. The highest BCUT2D eigenvalue weighted by atomic mass is 127. The standard InChI is InChI=1S/C23H31ClIN3O5Si/c1-22(2,3)33-21(31)28-13-15(12-23(28,19(29)30)9-10-34(4,5)6)32-18-16-11-14(25)7-8-17(16)26-20(24)27-18/h7-8,11,15H,9-10,12-13H2,1-6H3,(H,29,30)/t15-,23-/m0/s1. The fourth-order valence-corrected chi connectivity index (χ4v) is 5.82. The molecule has 0 aliphatic carbocycles. The Hall–Kier alpha value is -1.66. The Kier molecular flexibility index (Phi) is 7.74. The molecule has 1 saturated heterocycles. The summed E-state index contributed by atoms with van der Waals surface area (Å²) in [6.45, 7) is 11.9. The van der Waals surface area contributed by atoms with Crippen LogP contribution in [0, 0.1) is 3.57 Å². The van der Waals surface area contributed by atoms with E-state index in [4.69, 9.17) is 21.1 Å². The first-order valence-corrected chi connectivity index (χ1v) is 16.3. The number of likely N-dealkylation sites (tertiary alicyclic amines) is 1. The van der Waals surface area contributed by atoms with Gasteiger partial charge in [-0.1, -0.05) is 25.7 Å². The van der Waals surface area contributed by atoms with E-state index in [1.807, 2.05) is 18.2 Å². The second-order valence-corrected chi connectivity index (χ2v) is 18.1. The number of aromatic nitrogens is 2. The molecule has 0 radical (unpaired) electrons. The van der Waals surface area contributed by atoms with Crippen LogP contribution in [0.1, 0.15) is 33.6 Å².